The van der Waals surface area contributed by atoms with Crippen LogP contribution in [0, 0.1) is 35.0 Å². The summed E-state index contributed by atoms with van der Waals surface area (Å²) in [6.45, 7) is 4.47. The minimum absolute atomic E-state index is 0.0830. The van der Waals surface area contributed by atoms with Gasteiger partial charge in [-0.15, -0.1) is 0 Å². The molecular weight excluding hydrogens is 712 g/mol. The van der Waals surface area contributed by atoms with Gasteiger partial charge in [0, 0.05) is 0 Å². The first kappa shape index (κ1) is 44.0. The topological polar surface area (TPSA) is 73.9 Å². The Balaban J connectivity index is 1.83. The number of para-hydroxylation sites is 1. The number of carbonyl (C=O) groups is 1. The fourth-order valence-corrected chi connectivity index (χ4v) is 7.61. The van der Waals surface area contributed by atoms with E-state index in [0.717, 1.165) is 51.4 Å². The maximum Gasteiger partial charge on any atom is 0.513 e. The molecule has 0 aliphatic rings. The molecule has 0 radical (unpaired) electrons. The maximum absolute atomic E-state index is 14.8. The molecule has 0 saturated heterocycles. The van der Waals surface area contributed by atoms with E-state index in [9.17, 15) is 31.3 Å². The molecule has 0 aliphatic heterocycles. The van der Waals surface area contributed by atoms with E-state index >= 15 is 0 Å². The molecule has 3 aromatic rings. The average Bonchev–Trinajstić information content (AvgIpc) is 3.16. The van der Waals surface area contributed by atoms with E-state index in [1.54, 1.807) is 36.4 Å². The predicted molar refractivity (Wildman–Crippen MR) is 198 cm³/mol. The summed E-state index contributed by atoms with van der Waals surface area (Å²) < 4.78 is 102. The highest BCUT2D eigenvalue weighted by Crippen LogP contribution is 2.48. The second-order valence-corrected chi connectivity index (χ2v) is 15.2. The Hall–Kier alpha value is -3.43. The van der Waals surface area contributed by atoms with Crippen LogP contribution < -0.4 is 14.1 Å². The maximum atomic E-state index is 14.8. The molecule has 294 valence electrons. The first-order chi connectivity index (χ1) is 25.6. The highest BCUT2D eigenvalue weighted by Gasteiger charge is 2.40. The molecule has 0 aromatic heterocycles. The van der Waals surface area contributed by atoms with E-state index in [2.05, 4.69) is 18.9 Å². The van der Waals surface area contributed by atoms with Crippen molar-refractivity contribution in [1.29, 1.82) is 0 Å². The van der Waals surface area contributed by atoms with E-state index in [4.69, 9.17) is 13.8 Å². The smallest absolute Gasteiger partial charge is 0.464 e. The van der Waals surface area contributed by atoms with Crippen molar-refractivity contribution in [1.82, 2.24) is 5.09 Å². The van der Waals surface area contributed by atoms with Gasteiger partial charge in [-0.05, 0) is 42.9 Å². The van der Waals surface area contributed by atoms with Crippen LogP contribution in [0.1, 0.15) is 122 Å². The lowest BCUT2D eigenvalue weighted by Gasteiger charge is -2.26. The van der Waals surface area contributed by atoms with Crippen molar-refractivity contribution < 1.29 is 45.1 Å². The number of rotatable bonds is 27. The number of ether oxygens (including phenoxy) is 1. The summed E-state index contributed by atoms with van der Waals surface area (Å²) in [5.41, 5.74) is 0.604. The van der Waals surface area contributed by atoms with Crippen molar-refractivity contribution in [2.24, 2.45) is 5.92 Å². The molecule has 0 bridgehead atoms. The molecule has 0 unspecified atom stereocenters. The Labute approximate surface area is 311 Å². The van der Waals surface area contributed by atoms with Crippen LogP contribution in [-0.4, -0.2) is 18.6 Å². The Morgan fingerprint density at radius 2 is 1.08 bits per heavy atom. The quantitative estimate of drug-likeness (QED) is 0.0208. The fraction of sp³-hybridized carbons (Fsp3) is 0.537. The SMILES string of the molecule is CCCCCCCCCC(CCCCCCCCC)COC(=O)[C@H](Cc1ccccc1)N[P@](=O)(Oc1ccccc1)Oc1c(F)c(F)c(F)c(F)c1F. The van der Waals surface area contributed by atoms with Crippen molar-refractivity contribution in [2.45, 2.75) is 129 Å². The van der Waals surface area contributed by atoms with Gasteiger partial charge in [0.1, 0.15) is 11.8 Å². The van der Waals surface area contributed by atoms with Crippen LogP contribution in [0.25, 0.3) is 0 Å². The lowest BCUT2D eigenvalue weighted by molar-refractivity contribution is -0.147. The van der Waals surface area contributed by atoms with Gasteiger partial charge < -0.3 is 13.8 Å². The van der Waals surface area contributed by atoms with E-state index in [0.29, 0.717) is 5.56 Å². The third kappa shape index (κ3) is 15.5. The van der Waals surface area contributed by atoms with Crippen LogP contribution in [0.2, 0.25) is 0 Å². The molecule has 3 aromatic carbocycles. The number of esters is 1. The first-order valence-corrected chi connectivity index (χ1v) is 20.7. The Morgan fingerprint density at radius 3 is 1.58 bits per heavy atom. The van der Waals surface area contributed by atoms with Gasteiger partial charge in [0.2, 0.25) is 34.8 Å². The number of carbonyl (C=O) groups excluding carboxylic acids is 1. The molecular formula is C41H55F5NO5P. The zero-order chi connectivity index (χ0) is 38.5. The van der Waals surface area contributed by atoms with Gasteiger partial charge in [0.25, 0.3) is 0 Å². The van der Waals surface area contributed by atoms with Gasteiger partial charge >= 0.3 is 13.7 Å². The van der Waals surface area contributed by atoms with Gasteiger partial charge in [0.05, 0.1) is 6.61 Å². The predicted octanol–water partition coefficient (Wildman–Crippen LogP) is 12.6. The number of benzene rings is 3. The molecule has 12 heteroatoms. The van der Waals surface area contributed by atoms with E-state index in [-0.39, 0.29) is 24.7 Å². The monoisotopic (exact) mass is 767 g/mol. The fourth-order valence-electron chi connectivity index (χ4n) is 6.09. The summed E-state index contributed by atoms with van der Waals surface area (Å²) in [6.07, 6.45) is 17.7. The number of hydrogen-bond donors (Lipinski definition) is 1. The molecule has 0 aliphatic carbocycles. The van der Waals surface area contributed by atoms with Crippen LogP contribution in [-0.2, 0) is 20.5 Å². The van der Waals surface area contributed by atoms with Crippen LogP contribution >= 0.6 is 7.75 Å². The lowest BCUT2D eigenvalue weighted by atomic mass is 9.94. The third-order valence-electron chi connectivity index (χ3n) is 9.12. The highest BCUT2D eigenvalue weighted by molar-refractivity contribution is 7.52. The Kier molecular flexibility index (Phi) is 20.0. The number of nitrogens with one attached hydrogen (secondary N) is 1. The van der Waals surface area contributed by atoms with Crippen molar-refractivity contribution >= 4 is 13.7 Å². The lowest BCUT2D eigenvalue weighted by Crippen LogP contribution is -2.40. The molecule has 0 saturated carbocycles. The molecule has 0 fully saturated rings. The second-order valence-electron chi connectivity index (χ2n) is 13.6. The number of unbranched alkanes of at least 4 members (excludes halogenated alkanes) is 12. The molecule has 6 nitrogen and oxygen atoms in total. The summed E-state index contributed by atoms with van der Waals surface area (Å²) in [5, 5.41) is 2.43. The minimum atomic E-state index is -5.12. The third-order valence-corrected chi connectivity index (χ3v) is 10.6. The van der Waals surface area contributed by atoms with Gasteiger partial charge in [0.15, 0.2) is 0 Å². The Bertz CT molecular complexity index is 1500. The van der Waals surface area contributed by atoms with Gasteiger partial charge in [-0.25, -0.2) is 17.7 Å². The minimum Gasteiger partial charge on any atom is -0.464 e. The average molecular weight is 768 g/mol. The number of hydrogen-bond acceptors (Lipinski definition) is 5. The summed E-state index contributed by atoms with van der Waals surface area (Å²) in [7, 11) is -5.12. The van der Waals surface area contributed by atoms with Crippen molar-refractivity contribution in [2.75, 3.05) is 6.61 Å². The van der Waals surface area contributed by atoms with Crippen LogP contribution in [0.5, 0.6) is 11.5 Å². The van der Waals surface area contributed by atoms with E-state index in [1.807, 2.05) is 0 Å². The summed E-state index contributed by atoms with van der Waals surface area (Å²) in [4.78, 5) is 13.8. The molecule has 2 atom stereocenters. The van der Waals surface area contributed by atoms with E-state index < -0.39 is 54.6 Å². The zero-order valence-electron chi connectivity index (χ0n) is 31.0. The summed E-state index contributed by atoms with van der Waals surface area (Å²) in [6, 6.07) is 14.5. The second kappa shape index (κ2) is 24.1. The standard InChI is InChI=1S/C41H55F5NO5P/c1-3-5-7-9-11-13-17-25-32(26-18-14-12-10-8-6-4-2)30-50-41(48)34(29-31-23-19-15-20-24-31)47-53(49,51-33-27-21-16-22-28-33)52-40-38(45)36(43)35(42)37(44)39(40)46/h15-16,19-24,27-28,32,34H,3-14,17-18,25-26,29-30H2,1-2H3,(H,47,49)/t34-,53-/m0/s1. The summed E-state index contributed by atoms with van der Waals surface area (Å²) in [5.74, 6) is -14.4. The van der Waals surface area contributed by atoms with E-state index in [1.165, 1.54) is 75.6 Å². The van der Waals surface area contributed by atoms with Gasteiger partial charge in [-0.1, -0.05) is 152 Å². The van der Waals surface area contributed by atoms with Crippen molar-refractivity contribution in [3.05, 3.63) is 95.3 Å². The Morgan fingerprint density at radius 1 is 0.623 bits per heavy atom. The van der Waals surface area contributed by atoms with Gasteiger partial charge in [-0.2, -0.15) is 13.9 Å². The number of halogens is 5. The highest BCUT2D eigenvalue weighted by atomic mass is 31.2. The zero-order valence-corrected chi connectivity index (χ0v) is 31.9. The normalized spacial score (nSPS) is 13.1. The first-order valence-electron chi connectivity index (χ1n) is 19.1. The largest absolute Gasteiger partial charge is 0.513 e. The summed E-state index contributed by atoms with van der Waals surface area (Å²) >= 11 is 0. The van der Waals surface area contributed by atoms with Crippen molar-refractivity contribution in [3.63, 3.8) is 0 Å². The van der Waals surface area contributed by atoms with Crippen LogP contribution in [0.15, 0.2) is 60.7 Å². The molecule has 0 spiro atoms. The molecule has 1 N–H and O–H groups in total. The van der Waals surface area contributed by atoms with Gasteiger partial charge in [-0.3, -0.25) is 4.79 Å². The molecule has 0 amide bonds. The van der Waals surface area contributed by atoms with Crippen LogP contribution in [0.3, 0.4) is 0 Å². The van der Waals surface area contributed by atoms with Crippen molar-refractivity contribution in [3.8, 4) is 11.5 Å². The molecule has 0 heterocycles. The molecule has 3 rings (SSSR count). The van der Waals surface area contributed by atoms with Crippen LogP contribution in [0.4, 0.5) is 22.0 Å². The molecule has 53 heavy (non-hydrogen) atoms.